The second kappa shape index (κ2) is 6.11. The fourth-order valence-electron chi connectivity index (χ4n) is 2.75. The van der Waals surface area contributed by atoms with Crippen LogP contribution in [0.2, 0.25) is 0 Å². The second-order valence-electron chi connectivity index (χ2n) is 8.28. The molecule has 1 aliphatic rings. The smallest absolute Gasteiger partial charge is 0.350 e. The molecule has 132 valence electrons. The first-order valence-electron chi connectivity index (χ1n) is 8.14. The monoisotopic (exact) mass is 333 g/mol. The van der Waals surface area contributed by atoms with Crippen LogP contribution in [-0.4, -0.2) is 30.0 Å². The van der Waals surface area contributed by atoms with Gasteiger partial charge in [0.05, 0.1) is 12.8 Å². The van der Waals surface area contributed by atoms with Gasteiger partial charge in [-0.1, -0.05) is 46.7 Å². The molecule has 0 saturated carbocycles. The Morgan fingerprint density at radius 1 is 1.17 bits per heavy atom. The number of benzene rings is 1. The number of oxime groups is 1. The molecular formula is C19H27NO4. The lowest BCUT2D eigenvalue weighted by Crippen LogP contribution is -2.23. The fourth-order valence-corrected chi connectivity index (χ4v) is 2.75. The highest BCUT2D eigenvalue weighted by molar-refractivity contribution is 6.04. The molecule has 5 heteroatoms. The number of methoxy groups -OCH3 is 1. The topological polar surface area (TPSA) is 68.1 Å². The predicted molar refractivity (Wildman–Crippen MR) is 93.5 cm³/mol. The summed E-state index contributed by atoms with van der Waals surface area (Å²) in [4.78, 5) is 16.8. The van der Waals surface area contributed by atoms with Crippen molar-refractivity contribution < 1.29 is 19.5 Å². The van der Waals surface area contributed by atoms with E-state index in [0.29, 0.717) is 17.9 Å². The Morgan fingerprint density at radius 3 is 2.08 bits per heavy atom. The van der Waals surface area contributed by atoms with Gasteiger partial charge >= 0.3 is 5.97 Å². The molecule has 0 saturated heterocycles. The number of aromatic hydroxyl groups is 1. The van der Waals surface area contributed by atoms with Crippen LogP contribution in [0.15, 0.2) is 17.3 Å². The molecule has 1 aliphatic heterocycles. The van der Waals surface area contributed by atoms with Crippen LogP contribution in [0.4, 0.5) is 0 Å². The van der Waals surface area contributed by atoms with E-state index in [-0.39, 0.29) is 10.8 Å². The number of hydrogen-bond acceptors (Lipinski definition) is 5. The molecule has 0 bridgehead atoms. The Kier molecular flexibility index (Phi) is 4.66. The maximum Gasteiger partial charge on any atom is 0.350 e. The molecule has 0 aromatic heterocycles. The maximum atomic E-state index is 11.6. The number of phenolic OH excluding ortho intramolecular Hbond substituents is 1. The zero-order valence-electron chi connectivity index (χ0n) is 15.6. The van der Waals surface area contributed by atoms with E-state index in [0.717, 1.165) is 16.7 Å². The van der Waals surface area contributed by atoms with Crippen LogP contribution in [0.3, 0.4) is 0 Å². The minimum atomic E-state index is -0.699. The molecule has 1 heterocycles. The van der Waals surface area contributed by atoms with E-state index >= 15 is 0 Å². The van der Waals surface area contributed by atoms with Crippen molar-refractivity contribution in [2.75, 3.05) is 7.11 Å². The summed E-state index contributed by atoms with van der Waals surface area (Å²) in [6, 6.07) is 3.87. The predicted octanol–water partition coefficient (Wildman–Crippen LogP) is 3.65. The molecule has 1 aromatic rings. The molecule has 5 nitrogen and oxygen atoms in total. The zero-order chi connectivity index (χ0) is 18.3. The van der Waals surface area contributed by atoms with E-state index in [1.54, 1.807) is 0 Å². The number of esters is 1. The summed E-state index contributed by atoms with van der Waals surface area (Å²) >= 11 is 0. The van der Waals surface area contributed by atoms with Crippen molar-refractivity contribution in [2.45, 2.75) is 64.9 Å². The molecule has 1 aromatic carbocycles. The zero-order valence-corrected chi connectivity index (χ0v) is 15.6. The van der Waals surface area contributed by atoms with Crippen molar-refractivity contribution in [3.05, 3.63) is 28.8 Å². The van der Waals surface area contributed by atoms with Gasteiger partial charge in [0.2, 0.25) is 6.10 Å². The molecule has 1 atom stereocenters. The van der Waals surface area contributed by atoms with Gasteiger partial charge in [-0.3, -0.25) is 0 Å². The lowest BCUT2D eigenvalue weighted by molar-refractivity contribution is -0.152. The Morgan fingerprint density at radius 2 is 1.67 bits per heavy atom. The molecular weight excluding hydrogens is 306 g/mol. The average Bonchev–Trinajstić information content (AvgIpc) is 2.94. The number of ether oxygens (including phenoxy) is 1. The molecule has 2 rings (SSSR count). The van der Waals surface area contributed by atoms with Crippen molar-refractivity contribution in [3.8, 4) is 5.75 Å². The molecule has 1 unspecified atom stereocenters. The van der Waals surface area contributed by atoms with Gasteiger partial charge in [-0.25, -0.2) is 4.79 Å². The third-order valence-electron chi connectivity index (χ3n) is 4.19. The summed E-state index contributed by atoms with van der Waals surface area (Å²) in [6.07, 6.45) is -0.333. The molecule has 24 heavy (non-hydrogen) atoms. The highest BCUT2D eigenvalue weighted by Crippen LogP contribution is 2.40. The number of carbonyl (C=O) groups excluding carboxylic acids is 1. The van der Waals surface area contributed by atoms with Crippen molar-refractivity contribution in [3.63, 3.8) is 0 Å². The fraction of sp³-hybridized carbons (Fsp3) is 0.579. The molecule has 0 amide bonds. The van der Waals surface area contributed by atoms with Crippen molar-refractivity contribution in [1.29, 1.82) is 0 Å². The Hall–Kier alpha value is -2.04. The number of hydrogen-bond donors (Lipinski definition) is 1. The Bertz CT molecular complexity index is 643. The Labute approximate surface area is 143 Å². The SMILES string of the molecule is COC(=O)C1CC(c2cc(C(C)(C)C)c(O)c(C(C)(C)C)c2)=NO1. The molecule has 0 fully saturated rings. The van der Waals surface area contributed by atoms with Gasteiger partial charge in [-0.05, 0) is 23.0 Å². The van der Waals surface area contributed by atoms with Crippen LogP contribution in [0.5, 0.6) is 5.75 Å². The summed E-state index contributed by atoms with van der Waals surface area (Å²) in [5.74, 6) is -0.109. The van der Waals surface area contributed by atoms with E-state index in [1.807, 2.05) is 12.1 Å². The van der Waals surface area contributed by atoms with E-state index in [2.05, 4.69) is 46.7 Å². The van der Waals surface area contributed by atoms with Crippen LogP contribution in [-0.2, 0) is 25.2 Å². The van der Waals surface area contributed by atoms with E-state index in [4.69, 9.17) is 9.57 Å². The minimum absolute atomic E-state index is 0.220. The van der Waals surface area contributed by atoms with Gasteiger partial charge in [0.25, 0.3) is 0 Å². The number of rotatable bonds is 2. The first-order chi connectivity index (χ1) is 10.9. The normalized spacial score (nSPS) is 18.1. The molecule has 0 radical (unpaired) electrons. The Balaban J connectivity index is 2.51. The number of phenols is 1. The van der Waals surface area contributed by atoms with Gasteiger partial charge in [0, 0.05) is 23.1 Å². The summed E-state index contributed by atoms with van der Waals surface area (Å²) in [6.45, 7) is 12.3. The van der Waals surface area contributed by atoms with Crippen LogP contribution >= 0.6 is 0 Å². The maximum absolute atomic E-state index is 11.6. The van der Waals surface area contributed by atoms with E-state index < -0.39 is 12.1 Å². The van der Waals surface area contributed by atoms with Crippen molar-refractivity contribution in [2.24, 2.45) is 5.16 Å². The van der Waals surface area contributed by atoms with Crippen LogP contribution in [0, 0.1) is 0 Å². The summed E-state index contributed by atoms with van der Waals surface area (Å²) in [7, 11) is 1.33. The third-order valence-corrected chi connectivity index (χ3v) is 4.19. The standard InChI is InChI=1S/C19H27NO4/c1-18(2,3)12-8-11(9-13(16(12)21)19(4,5)6)14-10-15(24-20-14)17(22)23-7/h8-9,15,21H,10H2,1-7H3. The van der Waals surface area contributed by atoms with Gasteiger partial charge in [-0.2, -0.15) is 0 Å². The average molecular weight is 333 g/mol. The van der Waals surface area contributed by atoms with Crippen molar-refractivity contribution >= 4 is 11.7 Å². The van der Waals surface area contributed by atoms with E-state index in [9.17, 15) is 9.90 Å². The van der Waals surface area contributed by atoms with Crippen LogP contribution < -0.4 is 0 Å². The number of carbonyl (C=O) groups is 1. The lowest BCUT2D eigenvalue weighted by Gasteiger charge is -2.28. The lowest BCUT2D eigenvalue weighted by atomic mass is 9.78. The number of nitrogens with zero attached hydrogens (tertiary/aromatic N) is 1. The summed E-state index contributed by atoms with van der Waals surface area (Å²) < 4.78 is 4.72. The molecule has 0 aliphatic carbocycles. The highest BCUT2D eigenvalue weighted by Gasteiger charge is 2.32. The van der Waals surface area contributed by atoms with E-state index in [1.165, 1.54) is 7.11 Å². The largest absolute Gasteiger partial charge is 0.507 e. The van der Waals surface area contributed by atoms with Crippen LogP contribution in [0.1, 0.15) is 64.7 Å². The van der Waals surface area contributed by atoms with Crippen molar-refractivity contribution in [1.82, 2.24) is 0 Å². The second-order valence-corrected chi connectivity index (χ2v) is 8.28. The van der Waals surface area contributed by atoms with Gasteiger partial charge < -0.3 is 14.7 Å². The molecule has 0 spiro atoms. The minimum Gasteiger partial charge on any atom is -0.507 e. The van der Waals surface area contributed by atoms with Gasteiger partial charge in [0.1, 0.15) is 5.75 Å². The van der Waals surface area contributed by atoms with Gasteiger partial charge in [0.15, 0.2) is 0 Å². The summed E-state index contributed by atoms with van der Waals surface area (Å²) in [5.41, 5.74) is 2.84. The molecule has 1 N–H and O–H groups in total. The summed E-state index contributed by atoms with van der Waals surface area (Å²) in [5, 5.41) is 14.8. The highest BCUT2D eigenvalue weighted by atomic mass is 16.7. The third kappa shape index (κ3) is 3.55. The quantitative estimate of drug-likeness (QED) is 0.839. The van der Waals surface area contributed by atoms with Crippen LogP contribution in [0.25, 0.3) is 0 Å². The first kappa shape index (κ1) is 18.3. The van der Waals surface area contributed by atoms with Gasteiger partial charge in [-0.15, -0.1) is 0 Å². The first-order valence-corrected chi connectivity index (χ1v) is 8.14.